The van der Waals surface area contributed by atoms with Gasteiger partial charge in [-0.25, -0.2) is 0 Å². The normalized spacial score (nSPS) is 8.44. The molecule has 0 aliphatic rings. The Balaban J connectivity index is 0. The number of esters is 1. The molecule has 0 saturated carbocycles. The molecule has 0 unspecified atom stereocenters. The van der Waals surface area contributed by atoms with Crippen molar-refractivity contribution in [3.05, 3.63) is 0 Å². The van der Waals surface area contributed by atoms with Crippen LogP contribution >= 0.6 is 0 Å². The molecule has 0 aromatic rings. The van der Waals surface area contributed by atoms with E-state index < -0.39 is 0 Å². The van der Waals surface area contributed by atoms with Gasteiger partial charge in [0.2, 0.25) is 0 Å². The van der Waals surface area contributed by atoms with Gasteiger partial charge in [0, 0.05) is 6.92 Å². The van der Waals surface area contributed by atoms with Gasteiger partial charge in [-0.05, 0) is 5.92 Å². The fourth-order valence-electron chi connectivity index (χ4n) is 0.284. The number of ether oxygens (including phenoxy) is 1. The van der Waals surface area contributed by atoms with E-state index in [1.165, 1.54) is 6.92 Å². The zero-order valence-electron chi connectivity index (χ0n) is 5.60. The highest BCUT2D eigenvalue weighted by atomic mass is 16.5. The van der Waals surface area contributed by atoms with Gasteiger partial charge < -0.3 is 4.74 Å². The fourth-order valence-corrected chi connectivity index (χ4v) is 0.284. The van der Waals surface area contributed by atoms with Crippen LogP contribution in [0.15, 0.2) is 0 Å². The minimum atomic E-state index is -0.196. The number of rotatable bonds is 2. The van der Waals surface area contributed by atoms with Gasteiger partial charge in [0.25, 0.3) is 0 Å². The summed E-state index contributed by atoms with van der Waals surface area (Å²) in [6, 6.07) is 0. The Bertz CT molecular complexity index is 77.0. The lowest BCUT2D eigenvalue weighted by molar-refractivity contribution is -0.141. The second-order valence-electron chi connectivity index (χ2n) is 2.20. The molecule has 0 saturated heterocycles. The molecule has 0 N–H and O–H groups in total. The quantitative estimate of drug-likeness (QED) is 0.536. The molecule has 2 nitrogen and oxygen atoms in total. The maximum Gasteiger partial charge on any atom is 0.302 e. The number of hydrogen-bond acceptors (Lipinski definition) is 2. The van der Waals surface area contributed by atoms with E-state index in [2.05, 4.69) is 4.74 Å². The van der Waals surface area contributed by atoms with Crippen molar-refractivity contribution in [2.75, 3.05) is 6.61 Å². The first-order valence-corrected chi connectivity index (χ1v) is 2.76. The molecule has 0 fully saturated rings. The Morgan fingerprint density at radius 2 is 2.00 bits per heavy atom. The van der Waals surface area contributed by atoms with Crippen LogP contribution < -0.4 is 0 Å². The molecular formula is C7H16O2. The van der Waals surface area contributed by atoms with E-state index in [0.717, 1.165) is 0 Å². The van der Waals surface area contributed by atoms with Gasteiger partial charge in [-0.15, -0.1) is 0 Å². The monoisotopic (exact) mass is 132 g/mol. The molecule has 0 radical (unpaired) electrons. The van der Waals surface area contributed by atoms with Crippen LogP contribution in [0.1, 0.15) is 28.2 Å². The Morgan fingerprint density at radius 3 is 2.11 bits per heavy atom. The second kappa shape index (κ2) is 5.60. The highest BCUT2D eigenvalue weighted by Crippen LogP contribution is 1.91. The summed E-state index contributed by atoms with van der Waals surface area (Å²) in [5, 5.41) is 0. The lowest BCUT2D eigenvalue weighted by atomic mass is 10.2. The van der Waals surface area contributed by atoms with Crippen LogP contribution in [0.5, 0.6) is 0 Å². The number of hydrogen-bond donors (Lipinski definition) is 0. The average molecular weight is 132 g/mol. The third-order valence-electron chi connectivity index (χ3n) is 0.620. The highest BCUT2D eigenvalue weighted by molar-refractivity contribution is 5.65. The first-order valence-electron chi connectivity index (χ1n) is 2.76. The number of carbonyl (C=O) groups excluding carboxylic acids is 1. The molecule has 0 heterocycles. The van der Waals surface area contributed by atoms with Gasteiger partial charge in [0.05, 0.1) is 6.61 Å². The Labute approximate surface area is 57.2 Å². The van der Waals surface area contributed by atoms with Gasteiger partial charge in [-0.3, -0.25) is 4.79 Å². The SMILES string of the molecule is C.CC(=O)OCC(C)C. The van der Waals surface area contributed by atoms with E-state index in [9.17, 15) is 4.79 Å². The summed E-state index contributed by atoms with van der Waals surface area (Å²) >= 11 is 0. The number of carbonyl (C=O) groups is 1. The molecule has 0 amide bonds. The maximum absolute atomic E-state index is 10.1. The third-order valence-corrected chi connectivity index (χ3v) is 0.620. The zero-order chi connectivity index (χ0) is 6.57. The van der Waals surface area contributed by atoms with E-state index in [1.807, 2.05) is 13.8 Å². The molecular weight excluding hydrogens is 116 g/mol. The van der Waals surface area contributed by atoms with Crippen molar-refractivity contribution in [2.45, 2.75) is 28.2 Å². The molecule has 0 spiro atoms. The summed E-state index contributed by atoms with van der Waals surface area (Å²) in [5.74, 6) is 0.248. The smallest absolute Gasteiger partial charge is 0.302 e. The van der Waals surface area contributed by atoms with Crippen molar-refractivity contribution in [2.24, 2.45) is 5.92 Å². The summed E-state index contributed by atoms with van der Waals surface area (Å²) in [6.07, 6.45) is 0. The van der Waals surface area contributed by atoms with E-state index >= 15 is 0 Å². The van der Waals surface area contributed by atoms with Gasteiger partial charge >= 0.3 is 5.97 Å². The third kappa shape index (κ3) is 11.2. The molecule has 9 heavy (non-hydrogen) atoms. The van der Waals surface area contributed by atoms with Crippen molar-refractivity contribution in [1.29, 1.82) is 0 Å². The Morgan fingerprint density at radius 1 is 1.56 bits per heavy atom. The lowest BCUT2D eigenvalue weighted by Crippen LogP contribution is -2.05. The first kappa shape index (κ1) is 11.3. The molecule has 0 aliphatic heterocycles. The van der Waals surface area contributed by atoms with Crippen molar-refractivity contribution < 1.29 is 9.53 Å². The van der Waals surface area contributed by atoms with Crippen LogP contribution in [0.4, 0.5) is 0 Å². The van der Waals surface area contributed by atoms with E-state index in [4.69, 9.17) is 0 Å². The molecule has 0 bridgehead atoms. The van der Waals surface area contributed by atoms with Crippen LogP contribution in [0, 0.1) is 5.92 Å². The van der Waals surface area contributed by atoms with Crippen LogP contribution in [-0.2, 0) is 9.53 Å². The van der Waals surface area contributed by atoms with Crippen molar-refractivity contribution in [3.63, 3.8) is 0 Å². The molecule has 0 atom stereocenters. The predicted octanol–water partition coefficient (Wildman–Crippen LogP) is 1.84. The van der Waals surface area contributed by atoms with Gasteiger partial charge in [0.1, 0.15) is 0 Å². The van der Waals surface area contributed by atoms with Crippen molar-refractivity contribution in [1.82, 2.24) is 0 Å². The molecule has 0 aliphatic carbocycles. The largest absolute Gasteiger partial charge is 0.466 e. The zero-order valence-corrected chi connectivity index (χ0v) is 5.60. The summed E-state index contributed by atoms with van der Waals surface area (Å²) < 4.78 is 4.66. The molecule has 0 aromatic carbocycles. The highest BCUT2D eigenvalue weighted by Gasteiger charge is 1.94. The Kier molecular flexibility index (Phi) is 7.03. The topological polar surface area (TPSA) is 26.3 Å². The second-order valence-corrected chi connectivity index (χ2v) is 2.20. The summed E-state index contributed by atoms with van der Waals surface area (Å²) in [4.78, 5) is 10.1. The first-order chi connectivity index (χ1) is 3.63. The molecule has 0 rings (SSSR count). The van der Waals surface area contributed by atoms with E-state index in [1.54, 1.807) is 0 Å². The summed E-state index contributed by atoms with van der Waals surface area (Å²) in [5.41, 5.74) is 0. The molecule has 2 heteroatoms. The summed E-state index contributed by atoms with van der Waals surface area (Å²) in [7, 11) is 0. The minimum Gasteiger partial charge on any atom is -0.466 e. The maximum atomic E-state index is 10.1. The van der Waals surface area contributed by atoms with Crippen LogP contribution in [-0.4, -0.2) is 12.6 Å². The van der Waals surface area contributed by atoms with Crippen LogP contribution in [0.2, 0.25) is 0 Å². The standard InChI is InChI=1S/C6H12O2.CH4/c1-5(2)4-8-6(3)7;/h5H,4H2,1-3H3;1H4. The van der Waals surface area contributed by atoms with Crippen LogP contribution in [0.3, 0.4) is 0 Å². The fraction of sp³-hybridized carbons (Fsp3) is 0.857. The lowest BCUT2D eigenvalue weighted by Gasteiger charge is -2.02. The van der Waals surface area contributed by atoms with E-state index in [0.29, 0.717) is 12.5 Å². The minimum absolute atomic E-state index is 0. The Hall–Kier alpha value is -0.530. The van der Waals surface area contributed by atoms with Gasteiger partial charge in [-0.1, -0.05) is 21.3 Å². The van der Waals surface area contributed by atoms with Gasteiger partial charge in [0.15, 0.2) is 0 Å². The van der Waals surface area contributed by atoms with E-state index in [-0.39, 0.29) is 13.4 Å². The molecule has 0 aromatic heterocycles. The van der Waals surface area contributed by atoms with Crippen molar-refractivity contribution >= 4 is 5.97 Å². The predicted molar refractivity (Wildman–Crippen MR) is 38.2 cm³/mol. The molecule has 56 valence electrons. The average Bonchev–Trinajstić information content (AvgIpc) is 1.61. The van der Waals surface area contributed by atoms with Crippen LogP contribution in [0.25, 0.3) is 0 Å². The van der Waals surface area contributed by atoms with Gasteiger partial charge in [-0.2, -0.15) is 0 Å². The summed E-state index contributed by atoms with van der Waals surface area (Å²) in [6.45, 7) is 5.96. The van der Waals surface area contributed by atoms with Crippen molar-refractivity contribution in [3.8, 4) is 0 Å².